The summed E-state index contributed by atoms with van der Waals surface area (Å²) in [6.45, 7) is 2.40. The van der Waals surface area contributed by atoms with Gasteiger partial charge in [0.2, 0.25) is 5.90 Å². The van der Waals surface area contributed by atoms with Gasteiger partial charge in [-0.15, -0.1) is 0 Å². The number of hydrogen-bond donors (Lipinski definition) is 0. The van der Waals surface area contributed by atoms with Crippen LogP contribution >= 0.6 is 34.2 Å². The van der Waals surface area contributed by atoms with Gasteiger partial charge >= 0.3 is 5.97 Å². The molecule has 0 N–H and O–H groups in total. The van der Waals surface area contributed by atoms with Crippen LogP contribution in [0.2, 0.25) is 5.02 Å². The summed E-state index contributed by atoms with van der Waals surface area (Å²) in [6.07, 6.45) is 1.66. The van der Waals surface area contributed by atoms with Crippen LogP contribution in [0.5, 0.6) is 11.5 Å². The van der Waals surface area contributed by atoms with Crippen molar-refractivity contribution in [3.05, 3.63) is 61.8 Å². The predicted molar refractivity (Wildman–Crippen MR) is 109 cm³/mol. The first kappa shape index (κ1) is 18.7. The van der Waals surface area contributed by atoms with E-state index in [0.29, 0.717) is 28.7 Å². The second-order valence-corrected chi connectivity index (χ2v) is 6.91. The first-order valence-corrected chi connectivity index (χ1v) is 9.26. The first-order valence-electron chi connectivity index (χ1n) is 7.80. The summed E-state index contributed by atoms with van der Waals surface area (Å²) in [7, 11) is 1.59. The maximum absolute atomic E-state index is 12.2. The normalized spacial score (nSPS) is 15.0. The Balaban J connectivity index is 1.96. The number of carbonyl (C=O) groups is 1. The van der Waals surface area contributed by atoms with Gasteiger partial charge in [0.15, 0.2) is 17.2 Å². The molecule has 2 aromatic rings. The summed E-state index contributed by atoms with van der Waals surface area (Å²) in [5, 5.41) is 0.603. The van der Waals surface area contributed by atoms with Crippen LogP contribution in [-0.2, 0) is 9.53 Å². The Hall–Kier alpha value is -2.06. The number of aliphatic imine (C=N–C) groups is 1. The second kappa shape index (κ2) is 8.09. The van der Waals surface area contributed by atoms with E-state index in [1.54, 1.807) is 43.5 Å². The zero-order valence-corrected chi connectivity index (χ0v) is 17.0. The van der Waals surface area contributed by atoms with Crippen molar-refractivity contribution in [3.8, 4) is 11.5 Å². The highest BCUT2D eigenvalue weighted by molar-refractivity contribution is 14.1. The van der Waals surface area contributed by atoms with Crippen molar-refractivity contribution in [1.82, 2.24) is 0 Å². The molecule has 0 aromatic heterocycles. The Morgan fingerprint density at radius 1 is 1.27 bits per heavy atom. The fourth-order valence-corrected chi connectivity index (χ4v) is 3.39. The summed E-state index contributed by atoms with van der Waals surface area (Å²) in [5.74, 6) is 1.03. The number of ether oxygens (including phenoxy) is 3. The molecule has 134 valence electrons. The van der Waals surface area contributed by atoms with Crippen molar-refractivity contribution >= 4 is 52.1 Å². The minimum absolute atomic E-state index is 0.221. The minimum Gasteiger partial charge on any atom is -0.492 e. The molecule has 7 heteroatoms. The van der Waals surface area contributed by atoms with Crippen LogP contribution < -0.4 is 9.47 Å². The van der Waals surface area contributed by atoms with E-state index in [9.17, 15) is 4.79 Å². The zero-order chi connectivity index (χ0) is 18.7. The monoisotopic (exact) mass is 483 g/mol. The van der Waals surface area contributed by atoms with Crippen LogP contribution in [0.3, 0.4) is 0 Å². The van der Waals surface area contributed by atoms with E-state index < -0.39 is 5.97 Å². The first-order chi connectivity index (χ1) is 12.5. The van der Waals surface area contributed by atoms with Gasteiger partial charge < -0.3 is 14.2 Å². The molecular formula is C19H15ClINO4. The fraction of sp³-hybridized carbons (Fsp3) is 0.158. The topological polar surface area (TPSA) is 57.1 Å². The zero-order valence-electron chi connectivity index (χ0n) is 14.1. The SMILES string of the molecule is CCOc1cc(/C=C2\N=C(c3ccc(Cl)cc3)OC2=O)cc(I)c1OC. The molecule has 2 aromatic carbocycles. The molecule has 0 unspecified atom stereocenters. The largest absolute Gasteiger partial charge is 0.492 e. The molecule has 5 nitrogen and oxygen atoms in total. The Morgan fingerprint density at radius 2 is 2.00 bits per heavy atom. The van der Waals surface area contributed by atoms with Crippen LogP contribution in [0, 0.1) is 3.57 Å². The van der Waals surface area contributed by atoms with E-state index in [-0.39, 0.29) is 11.6 Å². The molecule has 0 bridgehead atoms. The molecule has 0 spiro atoms. The van der Waals surface area contributed by atoms with Gasteiger partial charge in [-0.2, -0.15) is 0 Å². The molecular weight excluding hydrogens is 469 g/mol. The minimum atomic E-state index is -0.501. The molecule has 1 aliphatic heterocycles. The summed E-state index contributed by atoms with van der Waals surface area (Å²) >= 11 is 8.04. The fourth-order valence-electron chi connectivity index (χ4n) is 2.42. The highest BCUT2D eigenvalue weighted by Crippen LogP contribution is 2.35. The van der Waals surface area contributed by atoms with Crippen LogP contribution in [0.4, 0.5) is 0 Å². The van der Waals surface area contributed by atoms with Crippen molar-refractivity contribution in [2.75, 3.05) is 13.7 Å². The van der Waals surface area contributed by atoms with Gasteiger partial charge in [-0.25, -0.2) is 9.79 Å². The molecule has 0 amide bonds. The molecule has 1 aliphatic rings. The Morgan fingerprint density at radius 3 is 2.65 bits per heavy atom. The van der Waals surface area contributed by atoms with Crippen molar-refractivity contribution in [2.24, 2.45) is 4.99 Å². The summed E-state index contributed by atoms with van der Waals surface area (Å²) in [5.41, 5.74) is 1.68. The summed E-state index contributed by atoms with van der Waals surface area (Å²) in [6, 6.07) is 10.6. The summed E-state index contributed by atoms with van der Waals surface area (Å²) < 4.78 is 17.1. The average Bonchev–Trinajstić information content (AvgIpc) is 2.96. The molecule has 0 atom stereocenters. The Labute approximate surface area is 169 Å². The maximum atomic E-state index is 12.2. The van der Waals surface area contributed by atoms with Gasteiger partial charge in [0.05, 0.1) is 17.3 Å². The highest BCUT2D eigenvalue weighted by Gasteiger charge is 2.24. The number of cyclic esters (lactones) is 1. The third-order valence-corrected chi connectivity index (χ3v) is 4.60. The predicted octanol–water partition coefficient (Wildman–Crippen LogP) is 4.70. The number of hydrogen-bond acceptors (Lipinski definition) is 5. The number of methoxy groups -OCH3 is 1. The molecule has 1 heterocycles. The summed E-state index contributed by atoms with van der Waals surface area (Å²) in [4.78, 5) is 16.5. The molecule has 26 heavy (non-hydrogen) atoms. The standard InChI is InChI=1S/C19H15ClINO4/c1-3-25-16-10-11(8-14(21)17(16)24-2)9-15-19(23)26-18(22-15)12-4-6-13(20)7-5-12/h4-10H,3H2,1-2H3/b15-9-. The number of benzene rings is 2. The van der Waals surface area contributed by atoms with E-state index >= 15 is 0 Å². The van der Waals surface area contributed by atoms with E-state index in [1.807, 2.05) is 13.0 Å². The van der Waals surface area contributed by atoms with E-state index in [0.717, 1.165) is 9.13 Å². The molecule has 0 saturated heterocycles. The van der Waals surface area contributed by atoms with Crippen molar-refractivity contribution < 1.29 is 19.0 Å². The second-order valence-electron chi connectivity index (χ2n) is 5.31. The Kier molecular flexibility index (Phi) is 5.83. The molecule has 0 saturated carbocycles. The van der Waals surface area contributed by atoms with Crippen molar-refractivity contribution in [3.63, 3.8) is 0 Å². The number of esters is 1. The van der Waals surface area contributed by atoms with E-state index in [2.05, 4.69) is 27.6 Å². The number of nitrogens with zero attached hydrogens (tertiary/aromatic N) is 1. The Bertz CT molecular complexity index is 907. The highest BCUT2D eigenvalue weighted by atomic mass is 127. The van der Waals surface area contributed by atoms with Crippen LogP contribution in [0.15, 0.2) is 47.1 Å². The smallest absolute Gasteiger partial charge is 0.363 e. The lowest BCUT2D eigenvalue weighted by atomic mass is 10.1. The lowest BCUT2D eigenvalue weighted by Crippen LogP contribution is -2.05. The average molecular weight is 484 g/mol. The molecule has 0 radical (unpaired) electrons. The molecule has 3 rings (SSSR count). The van der Waals surface area contributed by atoms with Gasteiger partial charge in [-0.05, 0) is 77.6 Å². The van der Waals surface area contributed by atoms with E-state index in [1.165, 1.54) is 0 Å². The third-order valence-electron chi connectivity index (χ3n) is 3.55. The number of carbonyl (C=O) groups excluding carboxylic acids is 1. The van der Waals surface area contributed by atoms with Gasteiger partial charge in [0.25, 0.3) is 0 Å². The molecule has 0 fully saturated rings. The van der Waals surface area contributed by atoms with Gasteiger partial charge in [-0.3, -0.25) is 0 Å². The third kappa shape index (κ3) is 4.02. The van der Waals surface area contributed by atoms with Crippen LogP contribution in [0.1, 0.15) is 18.1 Å². The van der Waals surface area contributed by atoms with Gasteiger partial charge in [0.1, 0.15) is 0 Å². The lowest BCUT2D eigenvalue weighted by Gasteiger charge is -2.12. The maximum Gasteiger partial charge on any atom is 0.363 e. The van der Waals surface area contributed by atoms with Crippen molar-refractivity contribution in [2.45, 2.75) is 6.92 Å². The van der Waals surface area contributed by atoms with Gasteiger partial charge in [0, 0.05) is 10.6 Å². The van der Waals surface area contributed by atoms with Crippen molar-refractivity contribution in [1.29, 1.82) is 0 Å². The van der Waals surface area contributed by atoms with Gasteiger partial charge in [-0.1, -0.05) is 11.6 Å². The van der Waals surface area contributed by atoms with Crippen LogP contribution in [-0.4, -0.2) is 25.6 Å². The van der Waals surface area contributed by atoms with Crippen LogP contribution in [0.25, 0.3) is 6.08 Å². The quantitative estimate of drug-likeness (QED) is 0.352. The number of rotatable bonds is 5. The lowest BCUT2D eigenvalue weighted by molar-refractivity contribution is -0.129. The number of halogens is 2. The van der Waals surface area contributed by atoms with E-state index in [4.69, 9.17) is 25.8 Å². The molecule has 0 aliphatic carbocycles.